The van der Waals surface area contributed by atoms with Crippen LogP contribution in [0.2, 0.25) is 0 Å². The number of ether oxygens (including phenoxy) is 5. The van der Waals surface area contributed by atoms with E-state index in [9.17, 15) is 9.59 Å². The highest BCUT2D eigenvalue weighted by atomic mass is 16.6. The van der Waals surface area contributed by atoms with Gasteiger partial charge in [-0.15, -0.1) is 6.58 Å². The topological polar surface area (TPSA) is 83.5 Å². The Balaban J connectivity index is 1.44. The first-order valence-corrected chi connectivity index (χ1v) is 9.43. The smallest absolute Gasteiger partial charge is 0.258 e. The van der Waals surface area contributed by atoms with Crippen LogP contribution in [0.4, 0.5) is 5.69 Å². The summed E-state index contributed by atoms with van der Waals surface area (Å²) in [5.74, 6) is -0.0540. The highest BCUT2D eigenvalue weighted by Gasteiger charge is 2.24. The van der Waals surface area contributed by atoms with Crippen molar-refractivity contribution < 1.29 is 33.3 Å². The number of hydrogen-bond acceptors (Lipinski definition) is 7. The molecule has 0 spiro atoms. The third-order valence-corrected chi connectivity index (χ3v) is 3.75. The zero-order chi connectivity index (χ0) is 20.7. The number of hydrogen-bond donors (Lipinski definition) is 0. The van der Waals surface area contributed by atoms with Crippen LogP contribution in [-0.4, -0.2) is 71.3 Å². The molecule has 2 rings (SSSR count). The van der Waals surface area contributed by atoms with Crippen molar-refractivity contribution in [3.63, 3.8) is 0 Å². The summed E-state index contributed by atoms with van der Waals surface area (Å²) < 4.78 is 26.9. The maximum atomic E-state index is 11.6. The minimum Gasteiger partial charge on any atom is -0.491 e. The first kappa shape index (κ1) is 22.8. The number of carbonyl (C=O) groups excluding carboxylic acids is 2. The molecule has 0 N–H and O–H groups in total. The molecule has 0 bridgehead atoms. The van der Waals surface area contributed by atoms with Crippen molar-refractivity contribution in [2.45, 2.75) is 0 Å². The summed E-state index contributed by atoms with van der Waals surface area (Å²) in [6, 6.07) is 6.75. The largest absolute Gasteiger partial charge is 0.491 e. The zero-order valence-corrected chi connectivity index (χ0v) is 16.4. The fourth-order valence-electron chi connectivity index (χ4n) is 2.39. The molecule has 0 aliphatic carbocycles. The summed E-state index contributed by atoms with van der Waals surface area (Å²) in [6.07, 6.45) is 4.20. The molecule has 1 aliphatic rings. The van der Waals surface area contributed by atoms with Gasteiger partial charge in [0.05, 0.1) is 58.5 Å². The van der Waals surface area contributed by atoms with E-state index in [4.69, 9.17) is 23.7 Å². The normalized spacial score (nSPS) is 13.3. The van der Waals surface area contributed by atoms with Crippen LogP contribution >= 0.6 is 0 Å². The molecule has 0 saturated heterocycles. The second-order valence-corrected chi connectivity index (χ2v) is 5.89. The van der Waals surface area contributed by atoms with Crippen molar-refractivity contribution in [3.05, 3.63) is 49.1 Å². The lowest BCUT2D eigenvalue weighted by Crippen LogP contribution is -2.29. The quantitative estimate of drug-likeness (QED) is 0.235. The molecule has 1 aromatic carbocycles. The van der Waals surface area contributed by atoms with Crippen molar-refractivity contribution in [2.75, 3.05) is 64.4 Å². The van der Waals surface area contributed by atoms with Gasteiger partial charge in [-0.05, 0) is 24.3 Å². The Hall–Kier alpha value is -2.52. The van der Waals surface area contributed by atoms with Crippen LogP contribution in [0.15, 0.2) is 49.1 Å². The number of anilines is 1. The van der Waals surface area contributed by atoms with Gasteiger partial charge >= 0.3 is 0 Å². The van der Waals surface area contributed by atoms with Gasteiger partial charge in [0, 0.05) is 12.2 Å². The number of nitrogens with zero attached hydrogens (tertiary/aromatic N) is 1. The second kappa shape index (κ2) is 13.6. The van der Waals surface area contributed by atoms with Crippen LogP contribution < -0.4 is 9.64 Å². The van der Waals surface area contributed by atoms with Crippen LogP contribution in [-0.2, 0) is 28.5 Å². The molecule has 8 heteroatoms. The Morgan fingerprint density at radius 2 is 1.21 bits per heavy atom. The Morgan fingerprint density at radius 1 is 0.724 bits per heavy atom. The SMILES string of the molecule is C=CCOCCOCCOCCOCCOc1ccc(N2C(=O)C=CC2=O)cc1. The van der Waals surface area contributed by atoms with Crippen LogP contribution in [0, 0.1) is 0 Å². The van der Waals surface area contributed by atoms with Gasteiger partial charge in [-0.1, -0.05) is 6.08 Å². The summed E-state index contributed by atoms with van der Waals surface area (Å²) >= 11 is 0. The number of amides is 2. The lowest BCUT2D eigenvalue weighted by molar-refractivity contribution is -0.119. The average Bonchev–Trinajstić information content (AvgIpc) is 3.07. The summed E-state index contributed by atoms with van der Waals surface area (Å²) in [5.41, 5.74) is 0.513. The molecule has 29 heavy (non-hydrogen) atoms. The van der Waals surface area contributed by atoms with Gasteiger partial charge in [-0.3, -0.25) is 9.59 Å². The fraction of sp³-hybridized carbons (Fsp3) is 0.429. The highest BCUT2D eigenvalue weighted by Crippen LogP contribution is 2.22. The second-order valence-electron chi connectivity index (χ2n) is 5.89. The summed E-state index contributed by atoms with van der Waals surface area (Å²) in [6.45, 7) is 7.96. The highest BCUT2D eigenvalue weighted by molar-refractivity contribution is 6.28. The summed E-state index contributed by atoms with van der Waals surface area (Å²) in [4.78, 5) is 24.4. The molecular weight excluding hydrogens is 378 g/mol. The van der Waals surface area contributed by atoms with Crippen molar-refractivity contribution >= 4 is 17.5 Å². The molecule has 0 fully saturated rings. The third-order valence-electron chi connectivity index (χ3n) is 3.75. The Labute approximate surface area is 170 Å². The zero-order valence-electron chi connectivity index (χ0n) is 16.4. The minimum atomic E-state index is -0.344. The standard InChI is InChI=1S/C21H27NO7/c1-2-9-25-10-11-26-12-13-27-14-15-28-16-17-29-19-5-3-18(4-6-19)22-20(23)7-8-21(22)24/h2-8H,1,9-17H2. The van der Waals surface area contributed by atoms with E-state index >= 15 is 0 Å². The summed E-state index contributed by atoms with van der Waals surface area (Å²) in [5, 5.41) is 0. The van der Waals surface area contributed by atoms with Crippen LogP contribution in [0.5, 0.6) is 5.75 Å². The van der Waals surface area contributed by atoms with Crippen molar-refractivity contribution in [3.8, 4) is 5.75 Å². The van der Waals surface area contributed by atoms with Crippen LogP contribution in [0.25, 0.3) is 0 Å². The van der Waals surface area contributed by atoms with Gasteiger partial charge in [-0.2, -0.15) is 0 Å². The predicted octanol–water partition coefficient (Wildman–Crippen LogP) is 1.75. The fourth-order valence-corrected chi connectivity index (χ4v) is 2.39. The van der Waals surface area contributed by atoms with E-state index in [1.165, 1.54) is 12.2 Å². The first-order valence-electron chi connectivity index (χ1n) is 9.43. The molecule has 158 valence electrons. The Bertz CT molecular complexity index is 654. The van der Waals surface area contributed by atoms with Gasteiger partial charge in [-0.25, -0.2) is 4.90 Å². The van der Waals surface area contributed by atoms with Crippen LogP contribution in [0.1, 0.15) is 0 Å². The van der Waals surface area contributed by atoms with Gasteiger partial charge in [0.1, 0.15) is 12.4 Å². The van der Waals surface area contributed by atoms with E-state index in [1.807, 2.05) is 0 Å². The first-order chi connectivity index (χ1) is 14.2. The van der Waals surface area contributed by atoms with Crippen molar-refractivity contribution in [1.29, 1.82) is 0 Å². The molecular formula is C21H27NO7. The lowest BCUT2D eigenvalue weighted by Gasteiger charge is -2.14. The Morgan fingerprint density at radius 3 is 1.72 bits per heavy atom. The molecule has 0 saturated carbocycles. The van der Waals surface area contributed by atoms with E-state index in [-0.39, 0.29) is 11.8 Å². The van der Waals surface area contributed by atoms with E-state index in [0.717, 1.165) is 4.90 Å². The average molecular weight is 405 g/mol. The third kappa shape index (κ3) is 8.57. The molecule has 0 atom stereocenters. The number of carbonyl (C=O) groups is 2. The lowest BCUT2D eigenvalue weighted by atomic mass is 10.3. The van der Waals surface area contributed by atoms with Gasteiger partial charge in [0.15, 0.2) is 0 Å². The maximum absolute atomic E-state index is 11.6. The minimum absolute atomic E-state index is 0.344. The molecule has 0 unspecified atom stereocenters. The molecule has 1 aromatic rings. The number of benzene rings is 1. The molecule has 8 nitrogen and oxygen atoms in total. The van der Waals surface area contributed by atoms with E-state index in [2.05, 4.69) is 6.58 Å². The van der Waals surface area contributed by atoms with Gasteiger partial charge in [0.25, 0.3) is 11.8 Å². The molecule has 0 aromatic heterocycles. The molecule has 2 amide bonds. The van der Waals surface area contributed by atoms with E-state index in [1.54, 1.807) is 30.3 Å². The van der Waals surface area contributed by atoms with E-state index < -0.39 is 0 Å². The van der Waals surface area contributed by atoms with Crippen LogP contribution in [0.3, 0.4) is 0 Å². The van der Waals surface area contributed by atoms with Gasteiger partial charge in [0.2, 0.25) is 0 Å². The Kier molecular flexibility index (Phi) is 10.7. The monoisotopic (exact) mass is 405 g/mol. The molecule has 1 aliphatic heterocycles. The number of rotatable bonds is 16. The van der Waals surface area contributed by atoms with E-state index in [0.29, 0.717) is 70.9 Å². The van der Waals surface area contributed by atoms with Crippen molar-refractivity contribution in [2.24, 2.45) is 0 Å². The molecule has 1 heterocycles. The van der Waals surface area contributed by atoms with Gasteiger partial charge < -0.3 is 23.7 Å². The number of imide groups is 1. The predicted molar refractivity (Wildman–Crippen MR) is 107 cm³/mol. The maximum Gasteiger partial charge on any atom is 0.258 e. The molecule has 0 radical (unpaired) electrons. The van der Waals surface area contributed by atoms with Crippen molar-refractivity contribution in [1.82, 2.24) is 0 Å². The summed E-state index contributed by atoms with van der Waals surface area (Å²) in [7, 11) is 0.